The molecule has 1 aromatic carbocycles. The summed E-state index contributed by atoms with van der Waals surface area (Å²) in [6.45, 7) is 5.44. The third-order valence-corrected chi connectivity index (χ3v) is 2.93. The molecule has 1 unspecified atom stereocenters. The summed E-state index contributed by atoms with van der Waals surface area (Å²) in [5.74, 6) is 0.221. The number of aliphatic hydroxyl groups excluding tert-OH is 1. The lowest BCUT2D eigenvalue weighted by atomic mass is 9.99. The second-order valence-electron chi connectivity index (χ2n) is 4.77. The molecule has 1 aromatic heterocycles. The van der Waals surface area contributed by atoms with Crippen LogP contribution < -0.4 is 5.32 Å². The van der Waals surface area contributed by atoms with Crippen LogP contribution >= 0.6 is 0 Å². The number of nitrogens with one attached hydrogen (secondary N) is 2. The van der Waals surface area contributed by atoms with Crippen LogP contribution in [0.3, 0.4) is 0 Å². The minimum absolute atomic E-state index is 0.303. The van der Waals surface area contributed by atoms with Gasteiger partial charge < -0.3 is 15.4 Å². The summed E-state index contributed by atoms with van der Waals surface area (Å²) in [6.07, 6.45) is -0.535. The Morgan fingerprint density at radius 1 is 1.47 bits per heavy atom. The Kier molecular flexibility index (Phi) is 2.79. The van der Waals surface area contributed by atoms with E-state index in [0.29, 0.717) is 17.0 Å². The standard InChI is InChI=1S/C12H16FN3O/c1-7(17)12(2,3)16-11-14-9-5-4-8(13)6-10(9)15-11/h4-7,17H,1-3H3,(H2,14,15,16). The first-order chi connectivity index (χ1) is 7.88. The Hall–Kier alpha value is -1.62. The van der Waals surface area contributed by atoms with Gasteiger partial charge in [-0.3, -0.25) is 0 Å². The van der Waals surface area contributed by atoms with Gasteiger partial charge in [0.05, 0.1) is 22.7 Å². The van der Waals surface area contributed by atoms with Gasteiger partial charge in [-0.2, -0.15) is 0 Å². The molecule has 1 atom stereocenters. The van der Waals surface area contributed by atoms with Gasteiger partial charge in [0.15, 0.2) is 0 Å². The maximum absolute atomic E-state index is 13.0. The van der Waals surface area contributed by atoms with Gasteiger partial charge >= 0.3 is 0 Å². The van der Waals surface area contributed by atoms with Crippen molar-refractivity contribution in [2.45, 2.75) is 32.4 Å². The molecule has 5 heteroatoms. The van der Waals surface area contributed by atoms with E-state index in [9.17, 15) is 9.50 Å². The van der Waals surface area contributed by atoms with Crippen LogP contribution in [0.5, 0.6) is 0 Å². The number of hydrogen-bond acceptors (Lipinski definition) is 3. The minimum Gasteiger partial charge on any atom is -0.391 e. The second-order valence-corrected chi connectivity index (χ2v) is 4.77. The molecule has 0 aliphatic rings. The van der Waals surface area contributed by atoms with Gasteiger partial charge in [0.25, 0.3) is 0 Å². The Labute approximate surface area is 98.9 Å². The van der Waals surface area contributed by atoms with E-state index in [4.69, 9.17) is 0 Å². The summed E-state index contributed by atoms with van der Waals surface area (Å²) in [7, 11) is 0. The number of halogens is 1. The maximum atomic E-state index is 13.0. The molecule has 0 bridgehead atoms. The first-order valence-corrected chi connectivity index (χ1v) is 5.50. The van der Waals surface area contributed by atoms with Gasteiger partial charge in [0.1, 0.15) is 5.82 Å². The number of aromatic amines is 1. The summed E-state index contributed by atoms with van der Waals surface area (Å²) in [4.78, 5) is 7.25. The van der Waals surface area contributed by atoms with Crippen molar-refractivity contribution in [3.8, 4) is 0 Å². The predicted octanol–water partition coefficient (Wildman–Crippen LogP) is 2.27. The van der Waals surface area contributed by atoms with Crippen LogP contribution in [0.25, 0.3) is 11.0 Å². The molecule has 0 saturated carbocycles. The van der Waals surface area contributed by atoms with E-state index in [1.165, 1.54) is 12.1 Å². The third-order valence-electron chi connectivity index (χ3n) is 2.93. The normalized spacial score (nSPS) is 13.9. The van der Waals surface area contributed by atoms with Crippen molar-refractivity contribution in [1.29, 1.82) is 0 Å². The van der Waals surface area contributed by atoms with E-state index in [2.05, 4.69) is 15.3 Å². The number of fused-ring (bicyclic) bond motifs is 1. The zero-order chi connectivity index (χ0) is 12.6. The van der Waals surface area contributed by atoms with E-state index >= 15 is 0 Å². The van der Waals surface area contributed by atoms with Crippen LogP contribution in [0.1, 0.15) is 20.8 Å². The quantitative estimate of drug-likeness (QED) is 0.767. The molecule has 1 heterocycles. The highest BCUT2D eigenvalue weighted by atomic mass is 19.1. The summed E-state index contributed by atoms with van der Waals surface area (Å²) in [5, 5.41) is 12.7. The summed E-state index contributed by atoms with van der Waals surface area (Å²) < 4.78 is 13.0. The third kappa shape index (κ3) is 2.39. The zero-order valence-electron chi connectivity index (χ0n) is 10.1. The molecular weight excluding hydrogens is 221 g/mol. The van der Waals surface area contributed by atoms with Crippen LogP contribution in [-0.4, -0.2) is 26.7 Å². The monoisotopic (exact) mass is 237 g/mol. The van der Waals surface area contributed by atoms with Crippen LogP contribution in [0, 0.1) is 5.82 Å². The molecular formula is C12H16FN3O. The van der Waals surface area contributed by atoms with Crippen LogP contribution in [0.2, 0.25) is 0 Å². The number of anilines is 1. The van der Waals surface area contributed by atoms with Crippen molar-refractivity contribution < 1.29 is 9.50 Å². The van der Waals surface area contributed by atoms with Crippen molar-refractivity contribution in [2.75, 3.05) is 5.32 Å². The molecule has 2 rings (SSSR count). The number of H-pyrrole nitrogens is 1. The highest BCUT2D eigenvalue weighted by Gasteiger charge is 2.24. The lowest BCUT2D eigenvalue weighted by molar-refractivity contribution is 0.133. The van der Waals surface area contributed by atoms with Crippen molar-refractivity contribution in [3.63, 3.8) is 0 Å². The highest BCUT2D eigenvalue weighted by molar-refractivity contribution is 5.77. The number of nitrogens with zero attached hydrogens (tertiary/aromatic N) is 1. The van der Waals surface area contributed by atoms with Gasteiger partial charge in [-0.1, -0.05) is 0 Å². The van der Waals surface area contributed by atoms with Crippen molar-refractivity contribution in [1.82, 2.24) is 9.97 Å². The predicted molar refractivity (Wildman–Crippen MR) is 65.4 cm³/mol. The van der Waals surface area contributed by atoms with E-state index < -0.39 is 11.6 Å². The average molecular weight is 237 g/mol. The molecule has 0 aliphatic heterocycles. The van der Waals surface area contributed by atoms with Crippen LogP contribution in [0.15, 0.2) is 18.2 Å². The van der Waals surface area contributed by atoms with Gasteiger partial charge in [-0.15, -0.1) is 0 Å². The number of hydrogen-bond donors (Lipinski definition) is 3. The fourth-order valence-corrected chi connectivity index (χ4v) is 1.45. The first kappa shape index (κ1) is 11.9. The second kappa shape index (κ2) is 4.00. The summed E-state index contributed by atoms with van der Waals surface area (Å²) in [6, 6.07) is 4.37. The zero-order valence-corrected chi connectivity index (χ0v) is 10.1. The van der Waals surface area contributed by atoms with Gasteiger partial charge in [-0.25, -0.2) is 9.37 Å². The van der Waals surface area contributed by atoms with Gasteiger partial charge in [0, 0.05) is 0 Å². The molecule has 92 valence electrons. The number of rotatable bonds is 3. The largest absolute Gasteiger partial charge is 0.391 e. The minimum atomic E-state index is -0.535. The average Bonchev–Trinajstić information content (AvgIpc) is 2.57. The number of aromatic nitrogens is 2. The van der Waals surface area contributed by atoms with Gasteiger partial charge in [0.2, 0.25) is 5.95 Å². The molecule has 0 spiro atoms. The molecule has 0 fully saturated rings. The Morgan fingerprint density at radius 3 is 2.82 bits per heavy atom. The molecule has 4 nitrogen and oxygen atoms in total. The first-order valence-electron chi connectivity index (χ1n) is 5.50. The van der Waals surface area contributed by atoms with E-state index in [0.717, 1.165) is 0 Å². The lowest BCUT2D eigenvalue weighted by Gasteiger charge is -2.28. The van der Waals surface area contributed by atoms with Gasteiger partial charge in [-0.05, 0) is 39.0 Å². The SMILES string of the molecule is CC(O)C(C)(C)Nc1nc2ccc(F)cc2[nH]1. The molecule has 17 heavy (non-hydrogen) atoms. The Bertz CT molecular complexity index is 534. The molecule has 2 aromatic rings. The maximum Gasteiger partial charge on any atom is 0.201 e. The van der Waals surface area contributed by atoms with Crippen molar-refractivity contribution in [2.24, 2.45) is 0 Å². The highest BCUT2D eigenvalue weighted by Crippen LogP contribution is 2.20. The summed E-state index contributed by atoms with van der Waals surface area (Å²) in [5.41, 5.74) is 0.816. The molecule has 0 radical (unpaired) electrons. The Balaban J connectivity index is 2.31. The van der Waals surface area contributed by atoms with Crippen LogP contribution in [-0.2, 0) is 0 Å². The molecule has 0 amide bonds. The number of aliphatic hydroxyl groups is 1. The number of imidazole rings is 1. The van der Waals surface area contributed by atoms with E-state index in [-0.39, 0.29) is 5.82 Å². The number of benzene rings is 1. The fraction of sp³-hybridized carbons (Fsp3) is 0.417. The van der Waals surface area contributed by atoms with Crippen molar-refractivity contribution in [3.05, 3.63) is 24.0 Å². The van der Waals surface area contributed by atoms with E-state index in [1.807, 2.05) is 13.8 Å². The molecule has 0 aliphatic carbocycles. The fourth-order valence-electron chi connectivity index (χ4n) is 1.45. The lowest BCUT2D eigenvalue weighted by Crippen LogP contribution is -2.42. The van der Waals surface area contributed by atoms with Crippen LogP contribution in [0.4, 0.5) is 10.3 Å². The topological polar surface area (TPSA) is 60.9 Å². The smallest absolute Gasteiger partial charge is 0.201 e. The van der Waals surface area contributed by atoms with Crippen molar-refractivity contribution >= 4 is 17.0 Å². The van der Waals surface area contributed by atoms with E-state index in [1.54, 1.807) is 13.0 Å². The summed E-state index contributed by atoms with van der Waals surface area (Å²) >= 11 is 0. The molecule has 3 N–H and O–H groups in total. The Morgan fingerprint density at radius 2 is 2.18 bits per heavy atom. The molecule has 0 saturated heterocycles.